The van der Waals surface area contributed by atoms with Crippen molar-refractivity contribution in [3.63, 3.8) is 0 Å². The molecule has 0 fully saturated rings. The van der Waals surface area contributed by atoms with Crippen LogP contribution in [0.4, 0.5) is 0 Å². The summed E-state index contributed by atoms with van der Waals surface area (Å²) in [4.78, 5) is 12.7. The van der Waals surface area contributed by atoms with Gasteiger partial charge in [-0.05, 0) is 35.9 Å². The van der Waals surface area contributed by atoms with E-state index in [1.54, 1.807) is 43.7 Å². The molecule has 0 aliphatic rings. The molecule has 2 aromatic carbocycles. The van der Waals surface area contributed by atoms with Gasteiger partial charge >= 0.3 is 0 Å². The fourth-order valence-corrected chi connectivity index (χ4v) is 3.64. The van der Waals surface area contributed by atoms with E-state index in [9.17, 15) is 4.79 Å². The molecule has 1 aromatic heterocycles. The first-order chi connectivity index (χ1) is 11.6. The van der Waals surface area contributed by atoms with Gasteiger partial charge in [0.15, 0.2) is 0 Å². The molecule has 0 saturated heterocycles. The number of methoxy groups -OCH3 is 1. The first-order valence-corrected chi connectivity index (χ1v) is 8.51. The quantitative estimate of drug-likeness (QED) is 0.513. The Hall–Kier alpha value is -2.08. The minimum Gasteiger partial charge on any atom is -0.497 e. The van der Waals surface area contributed by atoms with E-state index < -0.39 is 0 Å². The van der Waals surface area contributed by atoms with Crippen LogP contribution in [-0.2, 0) is 0 Å². The van der Waals surface area contributed by atoms with Crippen molar-refractivity contribution in [2.75, 3.05) is 7.11 Å². The summed E-state index contributed by atoms with van der Waals surface area (Å²) in [5, 5.41) is 5.82. The number of hydrogen-bond acceptors (Lipinski definition) is 4. The molecule has 1 heterocycles. The van der Waals surface area contributed by atoms with Crippen molar-refractivity contribution in [2.24, 2.45) is 5.10 Å². The maximum absolute atomic E-state index is 12.3. The second-order valence-corrected chi connectivity index (χ2v) is 6.72. The van der Waals surface area contributed by atoms with E-state index in [0.717, 1.165) is 15.6 Å². The first kappa shape index (κ1) is 16.8. The van der Waals surface area contributed by atoms with Crippen molar-refractivity contribution in [2.45, 2.75) is 0 Å². The molecule has 0 aliphatic heterocycles. The molecule has 24 heavy (non-hydrogen) atoms. The van der Waals surface area contributed by atoms with Crippen LogP contribution in [0.1, 0.15) is 15.2 Å². The Balaban J connectivity index is 1.78. The minimum atomic E-state index is -0.356. The van der Waals surface area contributed by atoms with Gasteiger partial charge in [0.1, 0.15) is 10.6 Å². The third-order valence-corrected chi connectivity index (χ3v) is 5.20. The van der Waals surface area contributed by atoms with E-state index in [0.29, 0.717) is 20.7 Å². The zero-order valence-electron chi connectivity index (χ0n) is 12.5. The topological polar surface area (TPSA) is 50.7 Å². The fourth-order valence-electron chi connectivity index (χ4n) is 2.08. The molecule has 0 aliphatic carbocycles. The van der Waals surface area contributed by atoms with Crippen LogP contribution in [0.3, 0.4) is 0 Å². The predicted molar refractivity (Wildman–Crippen MR) is 99.9 cm³/mol. The second kappa shape index (κ2) is 7.21. The molecule has 4 nitrogen and oxygen atoms in total. The van der Waals surface area contributed by atoms with E-state index in [1.165, 1.54) is 11.3 Å². The summed E-state index contributed by atoms with van der Waals surface area (Å²) in [6, 6.07) is 12.6. The van der Waals surface area contributed by atoms with Gasteiger partial charge < -0.3 is 4.74 Å². The Morgan fingerprint density at radius 3 is 2.67 bits per heavy atom. The number of ether oxygens (including phenoxy) is 1. The number of rotatable bonds is 4. The molecule has 3 aromatic rings. The van der Waals surface area contributed by atoms with Gasteiger partial charge in [-0.15, -0.1) is 11.3 Å². The van der Waals surface area contributed by atoms with Crippen LogP contribution in [0.2, 0.25) is 10.0 Å². The van der Waals surface area contributed by atoms with E-state index in [-0.39, 0.29) is 5.91 Å². The Bertz CT molecular complexity index is 920. The first-order valence-electron chi connectivity index (χ1n) is 6.93. The Morgan fingerprint density at radius 2 is 1.96 bits per heavy atom. The molecule has 0 bridgehead atoms. The highest BCUT2D eigenvalue weighted by atomic mass is 35.5. The molecule has 0 spiro atoms. The zero-order valence-corrected chi connectivity index (χ0v) is 14.9. The van der Waals surface area contributed by atoms with Crippen molar-refractivity contribution in [1.82, 2.24) is 5.43 Å². The van der Waals surface area contributed by atoms with Crippen molar-refractivity contribution in [3.05, 3.63) is 63.0 Å². The summed E-state index contributed by atoms with van der Waals surface area (Å²) in [6.45, 7) is 0. The third kappa shape index (κ3) is 3.53. The average molecular weight is 379 g/mol. The number of hydrogen-bond donors (Lipinski definition) is 1. The van der Waals surface area contributed by atoms with Gasteiger partial charge in [-0.3, -0.25) is 4.79 Å². The van der Waals surface area contributed by atoms with Gasteiger partial charge in [0, 0.05) is 15.1 Å². The Labute approximate surface area is 152 Å². The number of nitrogens with one attached hydrogen (secondary N) is 1. The summed E-state index contributed by atoms with van der Waals surface area (Å²) >= 11 is 13.4. The number of nitrogens with zero attached hydrogens (tertiary/aromatic N) is 1. The largest absolute Gasteiger partial charge is 0.497 e. The molecule has 0 unspecified atom stereocenters. The van der Waals surface area contributed by atoms with Gasteiger partial charge in [-0.2, -0.15) is 5.10 Å². The highest BCUT2D eigenvalue weighted by Crippen LogP contribution is 2.37. The number of halogens is 2. The average Bonchev–Trinajstić information content (AvgIpc) is 2.93. The number of benzene rings is 2. The smallest absolute Gasteiger partial charge is 0.283 e. The van der Waals surface area contributed by atoms with Gasteiger partial charge in [-0.1, -0.05) is 35.3 Å². The lowest BCUT2D eigenvalue weighted by Gasteiger charge is -1.98. The molecule has 3 rings (SSSR count). The van der Waals surface area contributed by atoms with Crippen LogP contribution in [0.5, 0.6) is 5.75 Å². The molecule has 122 valence electrons. The molecule has 0 atom stereocenters. The monoisotopic (exact) mass is 378 g/mol. The van der Waals surface area contributed by atoms with Gasteiger partial charge in [-0.25, -0.2) is 5.43 Å². The Kier molecular flexibility index (Phi) is 5.04. The molecule has 0 saturated carbocycles. The minimum absolute atomic E-state index is 0.356. The molecular weight excluding hydrogens is 367 g/mol. The second-order valence-electron chi connectivity index (χ2n) is 4.86. The number of thiophene rings is 1. The standard InChI is InChI=1S/C17H12Cl2N2O2S/c1-23-12-6-7-13-14(8-12)24-16(15(13)19)17(22)21-20-9-10-2-4-11(18)5-3-10/h2-9H,1H3,(H,21,22)/b20-9+. The number of carbonyl (C=O) groups excluding carboxylic acids is 1. The summed E-state index contributed by atoms with van der Waals surface area (Å²) in [5.74, 6) is 0.360. The lowest BCUT2D eigenvalue weighted by atomic mass is 10.2. The third-order valence-electron chi connectivity index (χ3n) is 3.29. The van der Waals surface area contributed by atoms with Crippen molar-refractivity contribution < 1.29 is 9.53 Å². The summed E-state index contributed by atoms with van der Waals surface area (Å²) in [6.07, 6.45) is 1.54. The van der Waals surface area contributed by atoms with Gasteiger partial charge in [0.05, 0.1) is 18.3 Å². The SMILES string of the molecule is COc1ccc2c(Cl)c(C(=O)N/N=C/c3ccc(Cl)cc3)sc2c1. The number of fused-ring (bicyclic) bond motifs is 1. The van der Waals surface area contributed by atoms with Crippen molar-refractivity contribution in [1.29, 1.82) is 0 Å². The molecule has 1 N–H and O–H groups in total. The zero-order chi connectivity index (χ0) is 17.1. The van der Waals surface area contributed by atoms with Crippen LogP contribution < -0.4 is 10.2 Å². The fraction of sp³-hybridized carbons (Fsp3) is 0.0588. The van der Waals surface area contributed by atoms with Crippen LogP contribution in [0, 0.1) is 0 Å². The number of amides is 1. The highest BCUT2D eigenvalue weighted by Gasteiger charge is 2.17. The van der Waals surface area contributed by atoms with Crippen LogP contribution in [0.15, 0.2) is 47.6 Å². The van der Waals surface area contributed by atoms with Gasteiger partial charge in [0.2, 0.25) is 0 Å². The van der Waals surface area contributed by atoms with E-state index in [1.807, 2.05) is 12.1 Å². The molecule has 0 radical (unpaired) electrons. The van der Waals surface area contributed by atoms with E-state index in [2.05, 4.69) is 10.5 Å². The van der Waals surface area contributed by atoms with E-state index >= 15 is 0 Å². The number of carbonyl (C=O) groups is 1. The van der Waals surface area contributed by atoms with Crippen LogP contribution in [0.25, 0.3) is 10.1 Å². The maximum atomic E-state index is 12.3. The van der Waals surface area contributed by atoms with Crippen molar-refractivity contribution in [3.8, 4) is 5.75 Å². The lowest BCUT2D eigenvalue weighted by molar-refractivity contribution is 0.0959. The van der Waals surface area contributed by atoms with Gasteiger partial charge in [0.25, 0.3) is 5.91 Å². The summed E-state index contributed by atoms with van der Waals surface area (Å²) < 4.78 is 6.07. The summed E-state index contributed by atoms with van der Waals surface area (Å²) in [7, 11) is 1.59. The van der Waals surface area contributed by atoms with Crippen LogP contribution >= 0.6 is 34.5 Å². The van der Waals surface area contributed by atoms with E-state index in [4.69, 9.17) is 27.9 Å². The van der Waals surface area contributed by atoms with Crippen LogP contribution in [-0.4, -0.2) is 19.2 Å². The predicted octanol–water partition coefficient (Wildman–Crippen LogP) is 4.98. The number of hydrazone groups is 1. The Morgan fingerprint density at radius 1 is 1.21 bits per heavy atom. The normalized spacial score (nSPS) is 11.1. The summed E-state index contributed by atoms with van der Waals surface area (Å²) in [5.41, 5.74) is 3.31. The highest BCUT2D eigenvalue weighted by molar-refractivity contribution is 7.21. The maximum Gasteiger partial charge on any atom is 0.283 e. The molecular formula is C17H12Cl2N2O2S. The molecule has 7 heteroatoms. The van der Waals surface area contributed by atoms with Crippen molar-refractivity contribution >= 4 is 56.7 Å². The molecule has 1 amide bonds. The lowest BCUT2D eigenvalue weighted by Crippen LogP contribution is -2.16.